The van der Waals surface area contributed by atoms with Gasteiger partial charge in [0.15, 0.2) is 0 Å². The molecule has 4 nitrogen and oxygen atoms in total. The molecule has 0 saturated heterocycles. The molecule has 0 aliphatic carbocycles. The fraction of sp³-hybridized carbons (Fsp3) is 0.143. The van der Waals surface area contributed by atoms with Gasteiger partial charge in [0, 0.05) is 17.8 Å². The van der Waals surface area contributed by atoms with Gasteiger partial charge in [-0.15, -0.1) is 0 Å². The van der Waals surface area contributed by atoms with E-state index >= 15 is 0 Å². The molecule has 8 heteroatoms. The van der Waals surface area contributed by atoms with Crippen LogP contribution in [-0.2, 0) is 6.18 Å². The third-order valence-corrected chi connectivity index (χ3v) is 2.89. The summed E-state index contributed by atoms with van der Waals surface area (Å²) < 4.78 is 57.4. The molecule has 0 aliphatic heterocycles. The van der Waals surface area contributed by atoms with Gasteiger partial charge < -0.3 is 9.84 Å². The average molecular weight is 315 g/mol. The average Bonchev–Trinajstić information content (AvgIpc) is 2.45. The summed E-state index contributed by atoms with van der Waals surface area (Å²) in [5.41, 5.74) is -2.90. The molecule has 0 bridgehead atoms. The van der Waals surface area contributed by atoms with E-state index in [9.17, 15) is 22.4 Å². The zero-order valence-electron chi connectivity index (χ0n) is 11.1. The van der Waals surface area contributed by atoms with Crippen molar-refractivity contribution in [3.8, 4) is 17.0 Å². The van der Waals surface area contributed by atoms with Gasteiger partial charge in [-0.1, -0.05) is 0 Å². The van der Waals surface area contributed by atoms with E-state index in [4.69, 9.17) is 9.84 Å². The number of pyridine rings is 1. The number of carbonyl (C=O) groups is 1. The molecule has 1 heterocycles. The standard InChI is InChI=1S/C14H9F4NO3/c1-22-7-2-3-8(11(15)4-7)12-5-10(14(16,17)18)9(6-19-12)13(20)21/h2-6H,1H3,(H,20,21). The van der Waals surface area contributed by atoms with Crippen LogP contribution in [0.3, 0.4) is 0 Å². The second kappa shape index (κ2) is 5.63. The number of hydrogen-bond acceptors (Lipinski definition) is 3. The van der Waals surface area contributed by atoms with Crippen LogP contribution in [0.2, 0.25) is 0 Å². The molecule has 116 valence electrons. The highest BCUT2D eigenvalue weighted by Crippen LogP contribution is 2.35. The number of nitrogens with zero attached hydrogens (tertiary/aromatic N) is 1. The summed E-state index contributed by atoms with van der Waals surface area (Å²) in [7, 11) is 1.32. The van der Waals surface area contributed by atoms with Gasteiger partial charge in [-0.05, 0) is 18.2 Å². The van der Waals surface area contributed by atoms with Crippen molar-refractivity contribution in [2.24, 2.45) is 0 Å². The van der Waals surface area contributed by atoms with E-state index in [2.05, 4.69) is 4.98 Å². The minimum absolute atomic E-state index is 0.191. The summed E-state index contributed by atoms with van der Waals surface area (Å²) in [4.78, 5) is 14.4. The highest BCUT2D eigenvalue weighted by Gasteiger charge is 2.36. The molecule has 0 fully saturated rings. The third kappa shape index (κ3) is 3.00. The summed E-state index contributed by atoms with van der Waals surface area (Å²) in [6.45, 7) is 0. The number of carboxylic acid groups (broad SMARTS) is 1. The highest BCUT2D eigenvalue weighted by atomic mass is 19.4. The lowest BCUT2D eigenvalue weighted by atomic mass is 10.0. The Morgan fingerprint density at radius 2 is 1.95 bits per heavy atom. The Morgan fingerprint density at radius 3 is 2.45 bits per heavy atom. The van der Waals surface area contributed by atoms with Crippen molar-refractivity contribution < 1.29 is 32.2 Å². The lowest BCUT2D eigenvalue weighted by Crippen LogP contribution is -2.14. The number of halogens is 4. The molecule has 2 aromatic rings. The van der Waals surface area contributed by atoms with Crippen LogP contribution in [0.1, 0.15) is 15.9 Å². The predicted molar refractivity (Wildman–Crippen MR) is 68.1 cm³/mol. The van der Waals surface area contributed by atoms with E-state index in [1.807, 2.05) is 0 Å². The second-order valence-corrected chi connectivity index (χ2v) is 4.26. The van der Waals surface area contributed by atoms with E-state index in [0.717, 1.165) is 6.07 Å². The number of aromatic carboxylic acids is 1. The Morgan fingerprint density at radius 1 is 1.27 bits per heavy atom. The van der Waals surface area contributed by atoms with E-state index in [-0.39, 0.29) is 17.0 Å². The van der Waals surface area contributed by atoms with Crippen LogP contribution < -0.4 is 4.74 Å². The van der Waals surface area contributed by atoms with Gasteiger partial charge >= 0.3 is 12.1 Å². The number of alkyl halides is 3. The molecule has 1 aromatic heterocycles. The largest absolute Gasteiger partial charge is 0.497 e. The Bertz CT molecular complexity index is 729. The molecule has 0 saturated carbocycles. The maximum absolute atomic E-state index is 13.9. The first-order chi connectivity index (χ1) is 10.2. The van der Waals surface area contributed by atoms with Crippen molar-refractivity contribution in [1.29, 1.82) is 0 Å². The van der Waals surface area contributed by atoms with Gasteiger partial charge in [0.25, 0.3) is 0 Å². The Balaban J connectivity index is 2.61. The van der Waals surface area contributed by atoms with Crippen molar-refractivity contribution in [2.75, 3.05) is 7.11 Å². The highest BCUT2D eigenvalue weighted by molar-refractivity contribution is 5.89. The lowest BCUT2D eigenvalue weighted by Gasteiger charge is -2.12. The SMILES string of the molecule is COc1ccc(-c2cc(C(F)(F)F)c(C(=O)O)cn2)c(F)c1. The predicted octanol–water partition coefficient (Wildman–Crippen LogP) is 3.61. The summed E-state index contributed by atoms with van der Waals surface area (Å²) >= 11 is 0. The maximum atomic E-state index is 13.9. The molecular weight excluding hydrogens is 306 g/mol. The molecule has 0 aliphatic rings. The fourth-order valence-corrected chi connectivity index (χ4v) is 1.84. The molecule has 2 rings (SSSR count). The summed E-state index contributed by atoms with van der Waals surface area (Å²) in [5, 5.41) is 8.78. The zero-order valence-corrected chi connectivity index (χ0v) is 11.1. The van der Waals surface area contributed by atoms with Crippen LogP contribution in [0.15, 0.2) is 30.5 Å². The first-order valence-corrected chi connectivity index (χ1v) is 5.88. The normalized spacial score (nSPS) is 11.3. The van der Waals surface area contributed by atoms with Crippen LogP contribution in [-0.4, -0.2) is 23.2 Å². The van der Waals surface area contributed by atoms with Gasteiger partial charge in [-0.25, -0.2) is 9.18 Å². The maximum Gasteiger partial charge on any atom is 0.417 e. The van der Waals surface area contributed by atoms with E-state index in [0.29, 0.717) is 12.3 Å². The van der Waals surface area contributed by atoms with Crippen LogP contribution in [0, 0.1) is 5.82 Å². The van der Waals surface area contributed by atoms with Crippen LogP contribution in [0.5, 0.6) is 5.75 Å². The number of hydrogen-bond donors (Lipinski definition) is 1. The molecular formula is C14H9F4NO3. The Labute approximate surface area is 122 Å². The second-order valence-electron chi connectivity index (χ2n) is 4.26. The molecule has 1 N–H and O–H groups in total. The van der Waals surface area contributed by atoms with Crippen molar-refractivity contribution in [3.05, 3.63) is 47.4 Å². The van der Waals surface area contributed by atoms with Crippen LogP contribution in [0.25, 0.3) is 11.3 Å². The van der Waals surface area contributed by atoms with Crippen molar-refractivity contribution in [1.82, 2.24) is 4.98 Å². The molecule has 22 heavy (non-hydrogen) atoms. The number of aromatic nitrogens is 1. The summed E-state index contributed by atoms with van der Waals surface area (Å²) in [5.74, 6) is -2.40. The number of ether oxygens (including phenoxy) is 1. The third-order valence-electron chi connectivity index (χ3n) is 2.89. The Kier molecular flexibility index (Phi) is 4.03. The molecule has 1 aromatic carbocycles. The molecule has 0 unspecified atom stereocenters. The first-order valence-electron chi connectivity index (χ1n) is 5.88. The number of benzene rings is 1. The van der Waals surface area contributed by atoms with Gasteiger partial charge in [-0.2, -0.15) is 13.2 Å². The summed E-state index contributed by atoms with van der Waals surface area (Å²) in [6.07, 6.45) is -4.33. The minimum atomic E-state index is -4.89. The fourth-order valence-electron chi connectivity index (χ4n) is 1.84. The summed E-state index contributed by atoms with van der Waals surface area (Å²) in [6, 6.07) is 4.07. The van der Waals surface area contributed by atoms with Crippen LogP contribution in [0.4, 0.5) is 17.6 Å². The molecule has 0 amide bonds. The van der Waals surface area contributed by atoms with Crippen molar-refractivity contribution in [2.45, 2.75) is 6.18 Å². The van der Waals surface area contributed by atoms with Gasteiger partial charge in [0.1, 0.15) is 11.6 Å². The first kappa shape index (κ1) is 15.7. The number of methoxy groups -OCH3 is 1. The van der Waals surface area contributed by atoms with E-state index in [1.165, 1.54) is 19.2 Å². The van der Waals surface area contributed by atoms with E-state index < -0.39 is 29.1 Å². The quantitative estimate of drug-likeness (QED) is 0.879. The number of carboxylic acids is 1. The van der Waals surface area contributed by atoms with Crippen LogP contribution >= 0.6 is 0 Å². The topological polar surface area (TPSA) is 59.4 Å². The molecule has 0 radical (unpaired) electrons. The molecule has 0 atom stereocenters. The van der Waals surface area contributed by atoms with Crippen molar-refractivity contribution in [3.63, 3.8) is 0 Å². The monoisotopic (exact) mass is 315 g/mol. The van der Waals surface area contributed by atoms with Crippen molar-refractivity contribution >= 4 is 5.97 Å². The Hall–Kier alpha value is -2.64. The lowest BCUT2D eigenvalue weighted by molar-refractivity contribution is -0.138. The minimum Gasteiger partial charge on any atom is -0.497 e. The van der Waals surface area contributed by atoms with Gasteiger partial charge in [0.05, 0.1) is 23.9 Å². The smallest absolute Gasteiger partial charge is 0.417 e. The number of rotatable bonds is 3. The molecule has 0 spiro atoms. The van der Waals surface area contributed by atoms with E-state index in [1.54, 1.807) is 0 Å². The zero-order chi connectivity index (χ0) is 16.5. The van der Waals surface area contributed by atoms with Gasteiger partial charge in [-0.3, -0.25) is 4.98 Å². The van der Waals surface area contributed by atoms with Gasteiger partial charge in [0.2, 0.25) is 0 Å².